The van der Waals surface area contributed by atoms with Gasteiger partial charge < -0.3 is 19.9 Å². The van der Waals surface area contributed by atoms with E-state index in [4.69, 9.17) is 23.2 Å². The molecular weight excluding hydrogens is 547 g/mol. The Morgan fingerprint density at radius 2 is 1.88 bits per heavy atom. The smallest absolute Gasteiger partial charge is 0.255 e. The van der Waals surface area contributed by atoms with Gasteiger partial charge in [-0.15, -0.1) is 0 Å². The van der Waals surface area contributed by atoms with E-state index in [1.807, 2.05) is 24.3 Å². The molecule has 2 amide bonds. The molecule has 0 radical (unpaired) electrons. The molecule has 1 N–H and O–H groups in total. The molecule has 7 nitrogen and oxygen atoms in total. The lowest BCUT2D eigenvalue weighted by Crippen LogP contribution is -2.46. The summed E-state index contributed by atoms with van der Waals surface area (Å²) in [5.41, 5.74) is 3.17. The van der Waals surface area contributed by atoms with Crippen molar-refractivity contribution in [3.05, 3.63) is 68.7 Å². The number of carbonyl (C=O) groups excluding carboxylic acids is 3. The molecule has 0 saturated carbocycles. The number of likely N-dealkylation sites (N-methyl/N-ethyl adjacent to an activating group) is 1. The van der Waals surface area contributed by atoms with Crippen molar-refractivity contribution in [2.75, 3.05) is 26.7 Å². The molecule has 1 fully saturated rings. The Bertz CT molecular complexity index is 1260. The van der Waals surface area contributed by atoms with Gasteiger partial charge in [0.15, 0.2) is 0 Å². The van der Waals surface area contributed by atoms with E-state index < -0.39 is 11.5 Å². The van der Waals surface area contributed by atoms with Gasteiger partial charge >= 0.3 is 0 Å². The van der Waals surface area contributed by atoms with Crippen LogP contribution in [-0.4, -0.2) is 60.6 Å². The first-order valence-corrected chi connectivity index (χ1v) is 14.7. The van der Waals surface area contributed by atoms with Gasteiger partial charge in [0.25, 0.3) is 5.91 Å². The number of benzene rings is 2. The van der Waals surface area contributed by atoms with Crippen LogP contribution in [0.4, 0.5) is 0 Å². The van der Waals surface area contributed by atoms with Gasteiger partial charge in [0.2, 0.25) is 5.91 Å². The van der Waals surface area contributed by atoms with Crippen molar-refractivity contribution in [3.63, 3.8) is 0 Å². The van der Waals surface area contributed by atoms with Crippen LogP contribution in [0.25, 0.3) is 0 Å². The van der Waals surface area contributed by atoms with Gasteiger partial charge in [-0.05, 0) is 99.1 Å². The topological polar surface area (TPSA) is 93.5 Å². The third kappa shape index (κ3) is 6.68. The maximum Gasteiger partial charge on any atom is 0.255 e. The summed E-state index contributed by atoms with van der Waals surface area (Å²) in [5.74, 6) is -0.388. The second-order valence-corrected chi connectivity index (χ2v) is 11.6. The summed E-state index contributed by atoms with van der Waals surface area (Å²) in [6.07, 6.45) is 6.84. The molecule has 2 aromatic carbocycles. The Morgan fingerprint density at radius 1 is 1.15 bits per heavy atom. The zero-order valence-electron chi connectivity index (χ0n) is 22.9. The average molecular weight is 584 g/mol. The summed E-state index contributed by atoms with van der Waals surface area (Å²) < 4.78 is 0. The van der Waals surface area contributed by atoms with Crippen LogP contribution in [-0.2, 0) is 28.0 Å². The Labute approximate surface area is 246 Å². The monoisotopic (exact) mass is 582 g/mol. The molecule has 0 aromatic heterocycles. The fourth-order valence-corrected chi connectivity index (χ4v) is 6.53. The van der Waals surface area contributed by atoms with Crippen LogP contribution in [0, 0.1) is 11.3 Å². The van der Waals surface area contributed by atoms with Crippen molar-refractivity contribution < 1.29 is 14.4 Å². The number of hydrogen-bond acceptors (Lipinski definition) is 5. The first-order valence-electron chi connectivity index (χ1n) is 14.0. The van der Waals surface area contributed by atoms with Gasteiger partial charge in [0, 0.05) is 35.6 Å². The number of likely N-dealkylation sites (tertiary alicyclic amines) is 1. The Balaban J connectivity index is 1.27. The number of aldehydes is 1. The number of carbonyl (C=O) groups is 3. The number of hydrogen-bond donors (Lipinski definition) is 1. The minimum atomic E-state index is -0.650. The first-order chi connectivity index (χ1) is 19.3. The minimum absolute atomic E-state index is 0.144. The lowest BCUT2D eigenvalue weighted by molar-refractivity contribution is -0.125. The van der Waals surface area contributed by atoms with E-state index in [2.05, 4.69) is 22.4 Å². The van der Waals surface area contributed by atoms with Crippen LogP contribution in [0.2, 0.25) is 10.0 Å². The van der Waals surface area contributed by atoms with Crippen LogP contribution < -0.4 is 5.32 Å². The molecule has 0 spiro atoms. The highest BCUT2D eigenvalue weighted by atomic mass is 35.5. The summed E-state index contributed by atoms with van der Waals surface area (Å²) >= 11 is 12.4. The van der Waals surface area contributed by atoms with E-state index in [1.165, 1.54) is 0 Å². The predicted molar refractivity (Wildman–Crippen MR) is 156 cm³/mol. The zero-order chi connectivity index (χ0) is 28.7. The molecule has 0 aliphatic carbocycles. The summed E-state index contributed by atoms with van der Waals surface area (Å²) in [4.78, 5) is 40.6. The number of piperidine rings is 1. The van der Waals surface area contributed by atoms with Gasteiger partial charge in [0.1, 0.15) is 12.3 Å². The second-order valence-electron chi connectivity index (χ2n) is 10.8. The molecule has 2 aliphatic rings. The number of amides is 2. The summed E-state index contributed by atoms with van der Waals surface area (Å²) in [6, 6.07) is 13.1. The molecule has 1 saturated heterocycles. The molecule has 2 heterocycles. The number of halogens is 2. The lowest BCUT2D eigenvalue weighted by atomic mass is 9.74. The quantitative estimate of drug-likeness (QED) is 0.270. The van der Waals surface area contributed by atoms with Gasteiger partial charge in [-0.25, -0.2) is 0 Å². The number of nitrogens with one attached hydrogen (secondary N) is 1. The largest absolute Gasteiger partial charge is 0.357 e. The molecule has 0 bridgehead atoms. The van der Waals surface area contributed by atoms with Gasteiger partial charge in [0.05, 0.1) is 11.5 Å². The normalized spacial score (nSPS) is 17.2. The molecule has 2 aromatic rings. The second kappa shape index (κ2) is 13.6. The van der Waals surface area contributed by atoms with E-state index in [0.717, 1.165) is 81.1 Å². The lowest BCUT2D eigenvalue weighted by Gasteiger charge is -2.37. The van der Waals surface area contributed by atoms with Crippen molar-refractivity contribution in [1.82, 2.24) is 15.1 Å². The van der Waals surface area contributed by atoms with Crippen LogP contribution >= 0.6 is 23.2 Å². The predicted octanol–water partition coefficient (Wildman–Crippen LogP) is 5.31. The number of unbranched alkanes of at least 4 members (excludes halogenated alkanes) is 2. The molecule has 2 aliphatic heterocycles. The minimum Gasteiger partial charge on any atom is -0.357 e. The number of fused-ring (bicyclic) bond motifs is 1. The SMILES string of the molecule is CNC(=O)C(CCC=O)N1Cc2c(CCCCCN3CCC(C#N)(c4cc(Cl)cc(Cl)c4)CC3)cccc2C1=O. The van der Waals surface area contributed by atoms with Crippen molar-refractivity contribution in [2.24, 2.45) is 0 Å². The van der Waals surface area contributed by atoms with E-state index in [-0.39, 0.29) is 18.2 Å². The van der Waals surface area contributed by atoms with Crippen molar-refractivity contribution in [1.29, 1.82) is 5.26 Å². The molecule has 1 atom stereocenters. The number of nitrogens with zero attached hydrogens (tertiary/aromatic N) is 3. The average Bonchev–Trinajstić information content (AvgIpc) is 3.29. The number of nitriles is 1. The first kappa shape index (κ1) is 30.0. The summed E-state index contributed by atoms with van der Waals surface area (Å²) in [6.45, 7) is 3.10. The maximum atomic E-state index is 13.1. The van der Waals surface area contributed by atoms with Crippen molar-refractivity contribution >= 4 is 41.3 Å². The molecular formula is C31H36Cl2N4O3. The molecule has 212 valence electrons. The zero-order valence-corrected chi connectivity index (χ0v) is 24.4. The molecule has 1 unspecified atom stereocenters. The highest BCUT2D eigenvalue weighted by Gasteiger charge is 2.38. The van der Waals surface area contributed by atoms with Crippen LogP contribution in [0.3, 0.4) is 0 Å². The summed E-state index contributed by atoms with van der Waals surface area (Å²) in [7, 11) is 1.55. The van der Waals surface area contributed by atoms with E-state index in [1.54, 1.807) is 18.0 Å². The Morgan fingerprint density at radius 3 is 2.52 bits per heavy atom. The molecule has 9 heteroatoms. The standard InChI is InChI=1S/C31H36Cl2N4O3/c1-35-29(39)28(10-6-16-38)37-20-27-22(8-5-9-26(27)30(37)40)7-3-2-4-13-36-14-11-31(21-34,12-15-36)23-17-24(32)19-25(33)18-23/h5,8-9,16-19,28H,2-4,6-7,10-15,20H2,1H3,(H,35,39). The third-order valence-corrected chi connectivity index (χ3v) is 8.77. The highest BCUT2D eigenvalue weighted by molar-refractivity contribution is 6.34. The fourth-order valence-electron chi connectivity index (χ4n) is 6.01. The molecule has 40 heavy (non-hydrogen) atoms. The fraction of sp³-hybridized carbons (Fsp3) is 0.484. The number of rotatable bonds is 12. The van der Waals surface area contributed by atoms with E-state index in [0.29, 0.717) is 28.6 Å². The van der Waals surface area contributed by atoms with E-state index in [9.17, 15) is 19.6 Å². The van der Waals surface area contributed by atoms with E-state index >= 15 is 0 Å². The van der Waals surface area contributed by atoms with Gasteiger partial charge in [-0.3, -0.25) is 9.59 Å². The van der Waals surface area contributed by atoms with Crippen molar-refractivity contribution in [3.8, 4) is 6.07 Å². The van der Waals surface area contributed by atoms with Gasteiger partial charge in [-0.1, -0.05) is 41.8 Å². The van der Waals surface area contributed by atoms with Crippen LogP contribution in [0.15, 0.2) is 36.4 Å². The van der Waals surface area contributed by atoms with Crippen LogP contribution in [0.1, 0.15) is 72.0 Å². The Kier molecular flexibility index (Phi) is 10.2. The van der Waals surface area contributed by atoms with Crippen molar-refractivity contribution in [2.45, 2.75) is 69.4 Å². The molecule has 4 rings (SSSR count). The Hall–Kier alpha value is -2.92. The summed E-state index contributed by atoms with van der Waals surface area (Å²) in [5, 5.41) is 13.8. The third-order valence-electron chi connectivity index (χ3n) is 8.34. The maximum absolute atomic E-state index is 13.1. The van der Waals surface area contributed by atoms with Gasteiger partial charge in [-0.2, -0.15) is 5.26 Å². The van der Waals surface area contributed by atoms with Crippen LogP contribution in [0.5, 0.6) is 0 Å². The highest BCUT2D eigenvalue weighted by Crippen LogP contribution is 2.37. The number of aryl methyl sites for hydroxylation is 1.